The van der Waals surface area contributed by atoms with E-state index in [0.717, 1.165) is 57.9 Å². The van der Waals surface area contributed by atoms with Crippen molar-refractivity contribution in [3.05, 3.63) is 66.2 Å². The van der Waals surface area contributed by atoms with Gasteiger partial charge in [0.15, 0.2) is 10.9 Å². The Morgan fingerprint density at radius 2 is 1.94 bits per heavy atom. The lowest BCUT2D eigenvalue weighted by molar-refractivity contribution is 0.0991. The fourth-order valence-corrected chi connectivity index (χ4v) is 5.83. The number of likely N-dealkylation sites (tertiary alicyclic amines) is 1. The van der Waals surface area contributed by atoms with Gasteiger partial charge in [-0.3, -0.25) is 9.78 Å². The average Bonchev–Trinajstić information content (AvgIpc) is 3.26. The molecule has 0 atom stereocenters. The molecule has 0 saturated carbocycles. The van der Waals surface area contributed by atoms with Crippen LogP contribution in [0.3, 0.4) is 0 Å². The van der Waals surface area contributed by atoms with Gasteiger partial charge in [0.05, 0.1) is 16.3 Å². The Kier molecular flexibility index (Phi) is 6.39. The molecule has 0 bridgehead atoms. The maximum atomic E-state index is 13.0. The van der Waals surface area contributed by atoms with Crippen molar-refractivity contribution in [3.8, 4) is 10.4 Å². The minimum absolute atomic E-state index is 0.0564. The van der Waals surface area contributed by atoms with Crippen LogP contribution in [0.4, 0.5) is 5.13 Å². The Hall–Kier alpha value is -2.81. The number of hydrogen-bond acceptors (Lipinski definition) is 8. The van der Waals surface area contributed by atoms with Crippen LogP contribution in [0.5, 0.6) is 0 Å². The summed E-state index contributed by atoms with van der Waals surface area (Å²) in [6.45, 7) is 2.23. The van der Waals surface area contributed by atoms with Crippen LogP contribution < -0.4 is 5.73 Å². The van der Waals surface area contributed by atoms with Crippen molar-refractivity contribution in [2.75, 3.05) is 25.9 Å². The van der Waals surface area contributed by atoms with Gasteiger partial charge in [-0.15, -0.1) is 11.8 Å². The topological polar surface area (TPSA) is 85.0 Å². The zero-order valence-corrected chi connectivity index (χ0v) is 20.0. The normalized spacial score (nSPS) is 15.2. The molecule has 0 amide bonds. The van der Waals surface area contributed by atoms with E-state index >= 15 is 0 Å². The van der Waals surface area contributed by atoms with Gasteiger partial charge in [0.1, 0.15) is 0 Å². The van der Waals surface area contributed by atoms with Crippen LogP contribution in [-0.4, -0.2) is 51.0 Å². The number of thioether (sulfide) groups is 1. The molecule has 1 aliphatic rings. The summed E-state index contributed by atoms with van der Waals surface area (Å²) in [5, 5.41) is 4.12. The molecule has 4 aromatic rings. The van der Waals surface area contributed by atoms with Crippen molar-refractivity contribution >= 4 is 44.8 Å². The molecule has 0 spiro atoms. The number of pyridine rings is 2. The highest BCUT2D eigenvalue weighted by Gasteiger charge is 2.19. The number of nitrogens with two attached hydrogens (primary N) is 1. The number of Topliss-reactive ketones (excluding diaryl/α,β-unsaturated/α-hetero) is 1. The van der Waals surface area contributed by atoms with E-state index in [-0.39, 0.29) is 12.2 Å². The molecule has 0 unspecified atom stereocenters. The van der Waals surface area contributed by atoms with Crippen molar-refractivity contribution in [1.29, 1.82) is 0 Å². The van der Waals surface area contributed by atoms with Crippen LogP contribution in [0.25, 0.3) is 21.2 Å². The Bertz CT molecular complexity index is 1300. The summed E-state index contributed by atoms with van der Waals surface area (Å²) in [5.74, 6) is 0.0564. The van der Waals surface area contributed by atoms with Crippen molar-refractivity contribution in [2.24, 2.45) is 0 Å². The van der Waals surface area contributed by atoms with E-state index in [2.05, 4.69) is 33.0 Å². The maximum absolute atomic E-state index is 13.0. The predicted molar refractivity (Wildman–Crippen MR) is 136 cm³/mol. The molecule has 4 heterocycles. The standard InChI is InChI=1S/C25H25N5OS2/c1-30-8-5-21(6-9-30)32-24-12-16(4-7-27-24)22(31)13-20-11-19-10-17(2-3-18(19)14-28-20)23-15-29-25(26)33-23/h2-4,7,10-12,14-15,21H,5-6,8-9,13H2,1H3,(H2,26,29). The van der Waals surface area contributed by atoms with Crippen LogP contribution in [-0.2, 0) is 6.42 Å². The first-order valence-electron chi connectivity index (χ1n) is 11.0. The average molecular weight is 476 g/mol. The number of ketones is 1. The summed E-state index contributed by atoms with van der Waals surface area (Å²) in [6, 6.07) is 11.9. The number of nitrogens with zero attached hydrogens (tertiary/aromatic N) is 4. The van der Waals surface area contributed by atoms with Crippen LogP contribution in [0.2, 0.25) is 0 Å². The smallest absolute Gasteiger partial charge is 0.180 e. The highest BCUT2D eigenvalue weighted by molar-refractivity contribution is 7.99. The van der Waals surface area contributed by atoms with E-state index in [1.165, 1.54) is 11.3 Å². The number of carbonyl (C=O) groups excluding carboxylic acids is 1. The number of rotatable bonds is 6. The lowest BCUT2D eigenvalue weighted by atomic mass is 10.0. The number of nitrogen functional groups attached to an aromatic ring is 1. The molecule has 3 aromatic heterocycles. The van der Waals surface area contributed by atoms with Gasteiger partial charge in [-0.2, -0.15) is 0 Å². The van der Waals surface area contributed by atoms with Crippen LogP contribution in [0.1, 0.15) is 28.9 Å². The molecule has 6 nitrogen and oxygen atoms in total. The Morgan fingerprint density at radius 1 is 1.09 bits per heavy atom. The molecule has 1 aliphatic heterocycles. The highest BCUT2D eigenvalue weighted by Crippen LogP contribution is 2.31. The molecule has 2 N–H and O–H groups in total. The van der Waals surface area contributed by atoms with Crippen LogP contribution >= 0.6 is 23.1 Å². The number of fused-ring (bicyclic) bond motifs is 1. The maximum Gasteiger partial charge on any atom is 0.180 e. The number of hydrogen-bond donors (Lipinski definition) is 1. The second kappa shape index (κ2) is 9.59. The second-order valence-corrected chi connectivity index (χ2v) is 10.8. The van der Waals surface area contributed by atoms with Gasteiger partial charge in [-0.1, -0.05) is 23.5 Å². The first kappa shape index (κ1) is 22.0. The third kappa shape index (κ3) is 5.24. The van der Waals surface area contributed by atoms with Gasteiger partial charge >= 0.3 is 0 Å². The number of thiazole rings is 1. The molecule has 1 aromatic carbocycles. The van der Waals surface area contributed by atoms with Crippen molar-refractivity contribution < 1.29 is 4.79 Å². The number of carbonyl (C=O) groups is 1. The molecule has 0 aliphatic carbocycles. The monoisotopic (exact) mass is 475 g/mol. The fraction of sp³-hybridized carbons (Fsp3) is 0.280. The largest absolute Gasteiger partial charge is 0.375 e. The Balaban J connectivity index is 1.31. The van der Waals surface area contributed by atoms with Gasteiger partial charge in [0.25, 0.3) is 0 Å². The van der Waals surface area contributed by atoms with E-state index in [4.69, 9.17) is 5.73 Å². The minimum atomic E-state index is 0.0564. The van der Waals surface area contributed by atoms with E-state index in [1.807, 2.05) is 30.5 Å². The van der Waals surface area contributed by atoms with E-state index < -0.39 is 0 Å². The number of anilines is 1. The van der Waals surface area contributed by atoms with E-state index in [1.54, 1.807) is 30.2 Å². The summed E-state index contributed by atoms with van der Waals surface area (Å²) < 4.78 is 0. The van der Waals surface area contributed by atoms with Crippen LogP contribution in [0.15, 0.2) is 60.0 Å². The van der Waals surface area contributed by atoms with Crippen LogP contribution in [0, 0.1) is 0 Å². The predicted octanol–water partition coefficient (Wildman–Crippen LogP) is 4.95. The quantitative estimate of drug-likeness (QED) is 0.395. The molecule has 5 rings (SSSR count). The van der Waals surface area contributed by atoms with E-state index in [0.29, 0.717) is 15.9 Å². The molecule has 168 valence electrons. The first-order chi connectivity index (χ1) is 16.0. The van der Waals surface area contributed by atoms with Crippen molar-refractivity contribution in [3.63, 3.8) is 0 Å². The summed E-state index contributed by atoms with van der Waals surface area (Å²) in [6.07, 6.45) is 7.92. The number of aromatic nitrogens is 3. The zero-order chi connectivity index (χ0) is 22.8. The Morgan fingerprint density at radius 3 is 2.73 bits per heavy atom. The molecule has 0 radical (unpaired) electrons. The third-order valence-electron chi connectivity index (χ3n) is 5.94. The SMILES string of the molecule is CN1CCC(Sc2cc(C(=O)Cc3cc4cc(-c5cnc(N)s5)ccc4cn3)ccn2)CC1. The van der Waals surface area contributed by atoms with Crippen molar-refractivity contribution in [1.82, 2.24) is 19.9 Å². The van der Waals surface area contributed by atoms with Crippen molar-refractivity contribution in [2.45, 2.75) is 29.5 Å². The minimum Gasteiger partial charge on any atom is -0.375 e. The summed E-state index contributed by atoms with van der Waals surface area (Å²) in [7, 11) is 2.16. The number of benzene rings is 1. The molecular formula is C25H25N5OS2. The lowest BCUT2D eigenvalue weighted by Crippen LogP contribution is -2.31. The zero-order valence-electron chi connectivity index (χ0n) is 18.4. The van der Waals surface area contributed by atoms with Gasteiger partial charge in [-0.05, 0) is 68.2 Å². The third-order valence-corrected chi connectivity index (χ3v) is 8.08. The second-order valence-electron chi connectivity index (χ2n) is 8.40. The molecule has 1 fully saturated rings. The van der Waals surface area contributed by atoms with Gasteiger partial charge in [-0.25, -0.2) is 9.97 Å². The van der Waals surface area contributed by atoms with E-state index in [9.17, 15) is 4.79 Å². The summed E-state index contributed by atoms with van der Waals surface area (Å²) in [5.41, 5.74) is 8.29. The first-order valence-corrected chi connectivity index (χ1v) is 12.7. The van der Waals surface area contributed by atoms with Gasteiger partial charge in [0, 0.05) is 40.5 Å². The molecule has 1 saturated heterocycles. The van der Waals surface area contributed by atoms with Gasteiger partial charge in [0.2, 0.25) is 0 Å². The van der Waals surface area contributed by atoms with Gasteiger partial charge < -0.3 is 10.6 Å². The Labute approximate surface area is 201 Å². The number of piperidine rings is 1. The highest BCUT2D eigenvalue weighted by atomic mass is 32.2. The molecule has 8 heteroatoms. The lowest BCUT2D eigenvalue weighted by Gasteiger charge is -2.28. The molecule has 33 heavy (non-hydrogen) atoms. The molecular weight excluding hydrogens is 450 g/mol. The summed E-state index contributed by atoms with van der Waals surface area (Å²) in [4.78, 5) is 29.6. The fourth-order valence-electron chi connectivity index (χ4n) is 4.04. The summed E-state index contributed by atoms with van der Waals surface area (Å²) >= 11 is 3.25.